The Labute approximate surface area is 122 Å². The van der Waals surface area contributed by atoms with E-state index in [1.165, 1.54) is 12.8 Å². The maximum Gasteiger partial charge on any atom is 0.225 e. The van der Waals surface area contributed by atoms with Gasteiger partial charge >= 0.3 is 0 Å². The highest BCUT2D eigenvalue weighted by atomic mass is 16.2. The second-order valence-electron chi connectivity index (χ2n) is 6.14. The molecule has 2 saturated heterocycles. The van der Waals surface area contributed by atoms with Crippen LogP contribution in [0.1, 0.15) is 58.3 Å². The minimum Gasteiger partial charge on any atom is -0.343 e. The van der Waals surface area contributed by atoms with Crippen LogP contribution in [-0.2, 0) is 9.59 Å². The second-order valence-corrected chi connectivity index (χ2v) is 6.14. The average Bonchev–Trinajstić information content (AvgIpc) is 2.76. The fourth-order valence-electron chi connectivity index (χ4n) is 3.30. The van der Waals surface area contributed by atoms with Gasteiger partial charge in [-0.1, -0.05) is 19.8 Å². The lowest BCUT2D eigenvalue weighted by atomic mass is 9.95. The first kappa shape index (κ1) is 15.3. The van der Waals surface area contributed by atoms with E-state index in [9.17, 15) is 9.59 Å². The van der Waals surface area contributed by atoms with Crippen LogP contribution in [-0.4, -0.2) is 47.8 Å². The zero-order valence-electron chi connectivity index (χ0n) is 12.8. The van der Waals surface area contributed by atoms with Crippen LogP contribution in [0.3, 0.4) is 0 Å². The van der Waals surface area contributed by atoms with Crippen LogP contribution in [0, 0.1) is 5.92 Å². The maximum absolute atomic E-state index is 12.5. The molecule has 4 nitrogen and oxygen atoms in total. The molecule has 0 aromatic rings. The van der Waals surface area contributed by atoms with Crippen LogP contribution in [0.2, 0.25) is 0 Å². The molecule has 0 aromatic heterocycles. The third kappa shape index (κ3) is 3.97. The Morgan fingerprint density at radius 1 is 0.900 bits per heavy atom. The molecule has 2 heterocycles. The molecule has 2 fully saturated rings. The first-order chi connectivity index (χ1) is 9.72. The van der Waals surface area contributed by atoms with E-state index in [1.54, 1.807) is 0 Å². The van der Waals surface area contributed by atoms with E-state index in [0.717, 1.165) is 58.3 Å². The number of hydrogen-bond acceptors (Lipinski definition) is 2. The van der Waals surface area contributed by atoms with E-state index in [4.69, 9.17) is 0 Å². The van der Waals surface area contributed by atoms with Gasteiger partial charge in [0.25, 0.3) is 0 Å². The highest BCUT2D eigenvalue weighted by molar-refractivity contribution is 5.80. The Hall–Kier alpha value is -1.06. The number of hydrogen-bond donors (Lipinski definition) is 0. The van der Waals surface area contributed by atoms with Crippen LogP contribution < -0.4 is 0 Å². The lowest BCUT2D eigenvalue weighted by molar-refractivity contribution is -0.140. The summed E-state index contributed by atoms with van der Waals surface area (Å²) in [5.41, 5.74) is 0. The molecule has 20 heavy (non-hydrogen) atoms. The fraction of sp³-hybridized carbons (Fsp3) is 0.875. The zero-order valence-corrected chi connectivity index (χ0v) is 12.8. The van der Waals surface area contributed by atoms with Crippen molar-refractivity contribution in [1.82, 2.24) is 9.80 Å². The summed E-state index contributed by atoms with van der Waals surface area (Å²) in [4.78, 5) is 28.4. The average molecular weight is 280 g/mol. The van der Waals surface area contributed by atoms with Gasteiger partial charge in [-0.15, -0.1) is 0 Å². The maximum atomic E-state index is 12.5. The van der Waals surface area contributed by atoms with Crippen LogP contribution in [0.5, 0.6) is 0 Å². The van der Waals surface area contributed by atoms with Gasteiger partial charge < -0.3 is 9.80 Å². The van der Waals surface area contributed by atoms with Gasteiger partial charge in [0, 0.05) is 38.5 Å². The number of piperidine rings is 1. The highest BCUT2D eigenvalue weighted by Gasteiger charge is 2.29. The van der Waals surface area contributed by atoms with Gasteiger partial charge in [0.15, 0.2) is 0 Å². The summed E-state index contributed by atoms with van der Waals surface area (Å²) in [6.45, 7) is 5.45. The van der Waals surface area contributed by atoms with Crippen molar-refractivity contribution < 1.29 is 9.59 Å². The van der Waals surface area contributed by atoms with E-state index >= 15 is 0 Å². The molecule has 0 spiro atoms. The van der Waals surface area contributed by atoms with Gasteiger partial charge in [0.05, 0.1) is 0 Å². The third-order valence-corrected chi connectivity index (χ3v) is 4.58. The largest absolute Gasteiger partial charge is 0.343 e. The molecular weight excluding hydrogens is 252 g/mol. The topological polar surface area (TPSA) is 40.6 Å². The van der Waals surface area contributed by atoms with Gasteiger partial charge in [-0.3, -0.25) is 9.59 Å². The molecule has 114 valence electrons. The molecule has 0 N–H and O–H groups in total. The molecule has 0 atom stereocenters. The van der Waals surface area contributed by atoms with E-state index in [1.807, 2.05) is 11.8 Å². The Bertz CT molecular complexity index is 327. The molecule has 0 saturated carbocycles. The lowest BCUT2D eigenvalue weighted by Gasteiger charge is -2.34. The number of amides is 2. The molecule has 2 aliphatic heterocycles. The Morgan fingerprint density at radius 3 is 2.05 bits per heavy atom. The summed E-state index contributed by atoms with van der Waals surface area (Å²) < 4.78 is 0. The SMILES string of the molecule is CCCC(=O)N1CCC(C(=O)N2CCCCCC2)CC1. The molecule has 2 amide bonds. The Kier molecular flexibility index (Phi) is 5.86. The van der Waals surface area contributed by atoms with Crippen LogP contribution in [0.25, 0.3) is 0 Å². The van der Waals surface area contributed by atoms with Gasteiger partial charge in [-0.05, 0) is 32.1 Å². The Balaban J connectivity index is 1.80. The summed E-state index contributed by atoms with van der Waals surface area (Å²) in [5, 5.41) is 0. The van der Waals surface area contributed by atoms with Crippen LogP contribution in [0.4, 0.5) is 0 Å². The quantitative estimate of drug-likeness (QED) is 0.796. The van der Waals surface area contributed by atoms with E-state index < -0.39 is 0 Å². The molecule has 0 radical (unpaired) electrons. The van der Waals surface area contributed by atoms with E-state index in [0.29, 0.717) is 12.3 Å². The zero-order chi connectivity index (χ0) is 14.4. The molecular formula is C16H28N2O2. The summed E-state index contributed by atoms with van der Waals surface area (Å²) in [6.07, 6.45) is 8.08. The summed E-state index contributed by atoms with van der Waals surface area (Å²) >= 11 is 0. The number of carbonyl (C=O) groups is 2. The van der Waals surface area contributed by atoms with Crippen molar-refractivity contribution in [3.8, 4) is 0 Å². The molecule has 2 aliphatic rings. The number of nitrogens with zero attached hydrogens (tertiary/aromatic N) is 2. The molecule has 0 unspecified atom stereocenters. The van der Waals surface area contributed by atoms with Crippen molar-refractivity contribution in [2.24, 2.45) is 5.92 Å². The van der Waals surface area contributed by atoms with Crippen molar-refractivity contribution in [2.75, 3.05) is 26.2 Å². The van der Waals surface area contributed by atoms with E-state index in [-0.39, 0.29) is 11.8 Å². The normalized spacial score (nSPS) is 21.6. The van der Waals surface area contributed by atoms with Gasteiger partial charge in [-0.2, -0.15) is 0 Å². The standard InChI is InChI=1S/C16H28N2O2/c1-2-7-15(19)17-12-8-14(9-13-17)16(20)18-10-5-3-4-6-11-18/h14H,2-13H2,1H3. The van der Waals surface area contributed by atoms with Crippen LogP contribution in [0.15, 0.2) is 0 Å². The second kappa shape index (κ2) is 7.65. The predicted molar refractivity (Wildman–Crippen MR) is 79.3 cm³/mol. The smallest absolute Gasteiger partial charge is 0.225 e. The van der Waals surface area contributed by atoms with Crippen LogP contribution >= 0.6 is 0 Å². The number of likely N-dealkylation sites (tertiary alicyclic amines) is 2. The first-order valence-electron chi connectivity index (χ1n) is 8.29. The molecule has 2 rings (SSSR count). The van der Waals surface area contributed by atoms with Crippen molar-refractivity contribution in [1.29, 1.82) is 0 Å². The first-order valence-corrected chi connectivity index (χ1v) is 8.29. The van der Waals surface area contributed by atoms with Gasteiger partial charge in [0.2, 0.25) is 11.8 Å². The predicted octanol–water partition coefficient (Wildman–Crippen LogP) is 2.43. The fourth-order valence-corrected chi connectivity index (χ4v) is 3.30. The molecule has 0 aliphatic carbocycles. The number of carbonyl (C=O) groups excluding carboxylic acids is 2. The van der Waals surface area contributed by atoms with E-state index in [2.05, 4.69) is 4.90 Å². The summed E-state index contributed by atoms with van der Waals surface area (Å²) in [5.74, 6) is 0.751. The minimum absolute atomic E-state index is 0.152. The van der Waals surface area contributed by atoms with Crippen molar-refractivity contribution >= 4 is 11.8 Å². The summed E-state index contributed by atoms with van der Waals surface area (Å²) in [6, 6.07) is 0. The van der Waals surface area contributed by atoms with Crippen molar-refractivity contribution in [2.45, 2.75) is 58.3 Å². The van der Waals surface area contributed by atoms with Gasteiger partial charge in [-0.25, -0.2) is 0 Å². The molecule has 0 bridgehead atoms. The highest BCUT2D eigenvalue weighted by Crippen LogP contribution is 2.22. The minimum atomic E-state index is 0.152. The molecule has 0 aromatic carbocycles. The van der Waals surface area contributed by atoms with Crippen molar-refractivity contribution in [3.05, 3.63) is 0 Å². The third-order valence-electron chi connectivity index (χ3n) is 4.58. The number of rotatable bonds is 3. The molecule has 4 heteroatoms. The Morgan fingerprint density at radius 2 is 1.50 bits per heavy atom. The van der Waals surface area contributed by atoms with Gasteiger partial charge in [0.1, 0.15) is 0 Å². The summed E-state index contributed by atoms with van der Waals surface area (Å²) in [7, 11) is 0. The monoisotopic (exact) mass is 280 g/mol. The van der Waals surface area contributed by atoms with Crippen molar-refractivity contribution in [3.63, 3.8) is 0 Å². The lowest BCUT2D eigenvalue weighted by Crippen LogP contribution is -2.44.